The zero-order valence-corrected chi connectivity index (χ0v) is 5.50. The smallest absolute Gasteiger partial charge is 0.193 e. The van der Waals surface area contributed by atoms with Gasteiger partial charge in [0.05, 0.1) is 7.11 Å². The topological polar surface area (TPSA) is 14.2 Å². The highest BCUT2D eigenvalue weighted by Gasteiger charge is 1.93. The minimum atomic E-state index is 0.718. The van der Waals surface area contributed by atoms with E-state index in [0.29, 0.717) is 0 Å². The van der Waals surface area contributed by atoms with E-state index in [1.54, 1.807) is 7.11 Å². The van der Waals surface area contributed by atoms with E-state index in [1.165, 1.54) is 0 Å². The van der Waals surface area contributed by atoms with Crippen LogP contribution in [0.15, 0.2) is 18.3 Å². The first-order chi connectivity index (χ1) is 4.38. The Labute approximate surface area is 55.1 Å². The molecule has 0 saturated carbocycles. The SMILES string of the molecule is [CH2]Cn1cccc1OC. The van der Waals surface area contributed by atoms with Crippen LogP contribution < -0.4 is 4.74 Å². The third-order valence-corrected chi connectivity index (χ3v) is 1.24. The van der Waals surface area contributed by atoms with Gasteiger partial charge in [0.15, 0.2) is 5.88 Å². The van der Waals surface area contributed by atoms with Crippen LogP contribution in [0.2, 0.25) is 0 Å². The molecule has 9 heavy (non-hydrogen) atoms. The summed E-state index contributed by atoms with van der Waals surface area (Å²) in [5, 5.41) is 0. The predicted molar refractivity (Wildman–Crippen MR) is 36.3 cm³/mol. The second-order valence-electron chi connectivity index (χ2n) is 1.74. The Morgan fingerprint density at radius 3 is 3.00 bits per heavy atom. The fourth-order valence-corrected chi connectivity index (χ4v) is 0.768. The number of methoxy groups -OCH3 is 1. The van der Waals surface area contributed by atoms with Crippen molar-refractivity contribution in [1.29, 1.82) is 0 Å². The molecule has 0 atom stereocenters. The first-order valence-electron chi connectivity index (χ1n) is 2.87. The van der Waals surface area contributed by atoms with E-state index < -0.39 is 0 Å². The van der Waals surface area contributed by atoms with Crippen LogP contribution in [0.3, 0.4) is 0 Å². The van der Waals surface area contributed by atoms with Crippen LogP contribution in [0.5, 0.6) is 5.88 Å². The average molecular weight is 124 g/mol. The van der Waals surface area contributed by atoms with E-state index in [2.05, 4.69) is 6.92 Å². The highest BCUT2D eigenvalue weighted by atomic mass is 16.5. The number of nitrogens with zero attached hydrogens (tertiary/aromatic N) is 1. The van der Waals surface area contributed by atoms with Crippen LogP contribution in [0.1, 0.15) is 0 Å². The maximum Gasteiger partial charge on any atom is 0.193 e. The van der Waals surface area contributed by atoms with Crippen molar-refractivity contribution in [2.75, 3.05) is 7.11 Å². The zero-order chi connectivity index (χ0) is 6.69. The number of hydrogen-bond acceptors (Lipinski definition) is 1. The normalized spacial score (nSPS) is 9.56. The number of aromatic nitrogens is 1. The highest BCUT2D eigenvalue weighted by molar-refractivity contribution is 5.13. The Morgan fingerprint density at radius 2 is 2.56 bits per heavy atom. The molecule has 49 valence electrons. The van der Waals surface area contributed by atoms with E-state index in [1.807, 2.05) is 22.9 Å². The Balaban J connectivity index is 2.85. The molecule has 0 N–H and O–H groups in total. The Bertz CT molecular complexity index is 162. The molecule has 1 aromatic heterocycles. The Hall–Kier alpha value is -0.920. The lowest BCUT2D eigenvalue weighted by Crippen LogP contribution is -1.95. The number of ether oxygens (including phenoxy) is 1. The monoisotopic (exact) mass is 124 g/mol. The van der Waals surface area contributed by atoms with Crippen molar-refractivity contribution in [3.05, 3.63) is 25.3 Å². The number of hydrogen-bond donors (Lipinski definition) is 0. The molecule has 0 amide bonds. The van der Waals surface area contributed by atoms with Gasteiger partial charge in [0.25, 0.3) is 0 Å². The van der Waals surface area contributed by atoms with Crippen molar-refractivity contribution >= 4 is 0 Å². The Morgan fingerprint density at radius 1 is 1.78 bits per heavy atom. The predicted octanol–water partition coefficient (Wildman–Crippen LogP) is 1.33. The molecular formula is C7H10NO. The van der Waals surface area contributed by atoms with Crippen molar-refractivity contribution in [1.82, 2.24) is 4.57 Å². The van der Waals surface area contributed by atoms with E-state index in [4.69, 9.17) is 4.74 Å². The van der Waals surface area contributed by atoms with Gasteiger partial charge in [-0.05, 0) is 19.1 Å². The molecule has 2 nitrogen and oxygen atoms in total. The van der Waals surface area contributed by atoms with Crippen molar-refractivity contribution in [2.45, 2.75) is 6.54 Å². The highest BCUT2D eigenvalue weighted by Crippen LogP contribution is 2.09. The molecule has 1 aromatic rings. The largest absolute Gasteiger partial charge is 0.482 e. The van der Waals surface area contributed by atoms with Gasteiger partial charge < -0.3 is 9.30 Å². The summed E-state index contributed by atoms with van der Waals surface area (Å²) in [4.78, 5) is 0. The second kappa shape index (κ2) is 2.58. The van der Waals surface area contributed by atoms with Gasteiger partial charge in [-0.1, -0.05) is 0 Å². The second-order valence-corrected chi connectivity index (χ2v) is 1.74. The molecule has 0 bridgehead atoms. The summed E-state index contributed by atoms with van der Waals surface area (Å²) >= 11 is 0. The summed E-state index contributed by atoms with van der Waals surface area (Å²) in [7, 11) is 1.65. The fourth-order valence-electron chi connectivity index (χ4n) is 0.768. The Kier molecular flexibility index (Phi) is 1.78. The molecule has 1 rings (SSSR count). The van der Waals surface area contributed by atoms with E-state index in [-0.39, 0.29) is 0 Å². The van der Waals surface area contributed by atoms with E-state index in [0.717, 1.165) is 12.4 Å². The third-order valence-electron chi connectivity index (χ3n) is 1.24. The van der Waals surface area contributed by atoms with Crippen molar-refractivity contribution in [2.24, 2.45) is 0 Å². The third kappa shape index (κ3) is 1.07. The summed E-state index contributed by atoms with van der Waals surface area (Å²) in [5.74, 6) is 0.866. The molecular weight excluding hydrogens is 114 g/mol. The maximum atomic E-state index is 5.00. The zero-order valence-electron chi connectivity index (χ0n) is 5.50. The van der Waals surface area contributed by atoms with Crippen LogP contribution in [0.25, 0.3) is 0 Å². The minimum absolute atomic E-state index is 0.718. The molecule has 0 aromatic carbocycles. The van der Waals surface area contributed by atoms with Gasteiger partial charge in [-0.2, -0.15) is 0 Å². The van der Waals surface area contributed by atoms with Gasteiger partial charge in [-0.25, -0.2) is 0 Å². The fraction of sp³-hybridized carbons (Fsp3) is 0.286. The average Bonchev–Trinajstić information content (AvgIpc) is 2.33. The van der Waals surface area contributed by atoms with Crippen molar-refractivity contribution < 1.29 is 4.74 Å². The lowest BCUT2D eigenvalue weighted by molar-refractivity contribution is 0.378. The first-order valence-corrected chi connectivity index (χ1v) is 2.87. The summed E-state index contributed by atoms with van der Waals surface area (Å²) in [5.41, 5.74) is 0. The van der Waals surface area contributed by atoms with E-state index >= 15 is 0 Å². The van der Waals surface area contributed by atoms with Crippen LogP contribution >= 0.6 is 0 Å². The molecule has 1 radical (unpaired) electrons. The molecule has 0 fully saturated rings. The molecule has 0 unspecified atom stereocenters. The van der Waals surface area contributed by atoms with Crippen LogP contribution in [-0.4, -0.2) is 11.7 Å². The lowest BCUT2D eigenvalue weighted by atomic mass is 10.6. The van der Waals surface area contributed by atoms with Crippen LogP contribution in [-0.2, 0) is 6.54 Å². The minimum Gasteiger partial charge on any atom is -0.482 e. The molecule has 2 heteroatoms. The van der Waals surface area contributed by atoms with Gasteiger partial charge in [0.2, 0.25) is 0 Å². The number of rotatable bonds is 2. The molecule has 0 aliphatic heterocycles. The molecule has 0 aliphatic carbocycles. The van der Waals surface area contributed by atoms with Crippen LogP contribution in [0, 0.1) is 6.92 Å². The maximum absolute atomic E-state index is 5.00. The first kappa shape index (κ1) is 6.20. The molecule has 0 spiro atoms. The lowest BCUT2D eigenvalue weighted by Gasteiger charge is -2.02. The van der Waals surface area contributed by atoms with Crippen molar-refractivity contribution in [3.63, 3.8) is 0 Å². The standard InChI is InChI=1S/C7H10NO/c1-3-8-6-4-5-7(8)9-2/h4-6H,1,3H2,2H3. The molecule has 1 heterocycles. The van der Waals surface area contributed by atoms with E-state index in [9.17, 15) is 0 Å². The quantitative estimate of drug-likeness (QED) is 0.580. The summed E-state index contributed by atoms with van der Waals surface area (Å²) in [6, 6.07) is 3.84. The molecule has 0 aliphatic rings. The summed E-state index contributed by atoms with van der Waals surface area (Å²) in [6.07, 6.45) is 1.94. The van der Waals surface area contributed by atoms with Crippen LogP contribution in [0.4, 0.5) is 0 Å². The van der Waals surface area contributed by atoms with Gasteiger partial charge in [-0.15, -0.1) is 0 Å². The molecule has 0 saturated heterocycles. The van der Waals surface area contributed by atoms with Gasteiger partial charge in [0, 0.05) is 12.7 Å². The summed E-state index contributed by atoms with van der Waals surface area (Å²) in [6.45, 7) is 4.44. The van der Waals surface area contributed by atoms with Crippen molar-refractivity contribution in [3.8, 4) is 5.88 Å². The van der Waals surface area contributed by atoms with Gasteiger partial charge >= 0.3 is 0 Å². The summed E-state index contributed by atoms with van der Waals surface area (Å²) < 4.78 is 6.93. The van der Waals surface area contributed by atoms with Gasteiger partial charge in [0.1, 0.15) is 0 Å². The van der Waals surface area contributed by atoms with Gasteiger partial charge in [-0.3, -0.25) is 0 Å².